The highest BCUT2D eigenvalue weighted by molar-refractivity contribution is 6.35. The van der Waals surface area contributed by atoms with Crippen LogP contribution in [0, 0.1) is 11.7 Å². The number of carbonyl (C=O) groups excluding carboxylic acids is 3. The minimum Gasteiger partial charge on any atom is -0.501 e. The molecule has 4 aliphatic rings. The Morgan fingerprint density at radius 3 is 2.51 bits per heavy atom. The average molecular weight is 512 g/mol. The number of halogens is 1. The molecule has 37 heavy (non-hydrogen) atoms. The van der Waals surface area contributed by atoms with E-state index in [2.05, 4.69) is 15.6 Å². The van der Waals surface area contributed by atoms with Gasteiger partial charge in [-0.15, -0.1) is 0 Å². The molecule has 2 bridgehead atoms. The van der Waals surface area contributed by atoms with Crippen LogP contribution in [0.25, 0.3) is 0 Å². The van der Waals surface area contributed by atoms with Crippen LogP contribution in [0.2, 0.25) is 0 Å². The number of benzene rings is 1. The minimum atomic E-state index is -1.11. The minimum absolute atomic E-state index is 0.0259. The standard InChI is InChI=1S/C26H30FN5O5/c1-15-3-2-12-31(15)24(37)22(35)30-26-10-8-17(9-11-26)14-32-23(36)20(33)19(29-25(26)32)21(34)28-13-16-4-6-18(27)7-5-16/h4-7,15,17,33H,2-3,8-14H2,1H3,(H,28,34)(H,30,35). The highest BCUT2D eigenvalue weighted by Crippen LogP contribution is 2.43. The molecule has 1 aromatic heterocycles. The molecule has 0 radical (unpaired) electrons. The molecule has 3 amide bonds. The molecule has 0 spiro atoms. The number of aromatic hydroxyl groups is 1. The number of hydrogen-bond acceptors (Lipinski definition) is 6. The van der Waals surface area contributed by atoms with Gasteiger partial charge in [0, 0.05) is 25.7 Å². The predicted molar refractivity (Wildman–Crippen MR) is 130 cm³/mol. The smallest absolute Gasteiger partial charge is 0.312 e. The maximum atomic E-state index is 13.2. The molecule has 1 unspecified atom stereocenters. The Balaban J connectivity index is 1.46. The van der Waals surface area contributed by atoms with Crippen molar-refractivity contribution >= 4 is 17.7 Å². The highest BCUT2D eigenvalue weighted by Gasteiger charge is 2.47. The summed E-state index contributed by atoms with van der Waals surface area (Å²) >= 11 is 0. The van der Waals surface area contributed by atoms with Crippen LogP contribution in [-0.2, 0) is 28.2 Å². The van der Waals surface area contributed by atoms with Crippen molar-refractivity contribution in [2.75, 3.05) is 6.54 Å². The van der Waals surface area contributed by atoms with Crippen LogP contribution >= 0.6 is 0 Å². The van der Waals surface area contributed by atoms with Crippen LogP contribution in [0.1, 0.15) is 67.3 Å². The van der Waals surface area contributed by atoms with E-state index in [4.69, 9.17) is 0 Å². The molecule has 10 nitrogen and oxygen atoms in total. The topological polar surface area (TPSA) is 134 Å². The maximum Gasteiger partial charge on any atom is 0.312 e. The van der Waals surface area contributed by atoms with Crippen molar-refractivity contribution in [1.82, 2.24) is 25.1 Å². The number of nitrogens with one attached hydrogen (secondary N) is 2. The summed E-state index contributed by atoms with van der Waals surface area (Å²) in [4.78, 5) is 58.2. The van der Waals surface area contributed by atoms with E-state index in [0.717, 1.165) is 12.8 Å². The van der Waals surface area contributed by atoms with Crippen LogP contribution in [-0.4, -0.2) is 49.9 Å². The summed E-state index contributed by atoms with van der Waals surface area (Å²) in [5.41, 5.74) is -1.69. The lowest BCUT2D eigenvalue weighted by atomic mass is 9.77. The fraction of sp³-hybridized carbons (Fsp3) is 0.500. The Morgan fingerprint density at radius 2 is 1.86 bits per heavy atom. The van der Waals surface area contributed by atoms with E-state index < -0.39 is 46.1 Å². The van der Waals surface area contributed by atoms with Gasteiger partial charge in [0.15, 0.2) is 5.69 Å². The Labute approximate surface area is 212 Å². The molecular weight excluding hydrogens is 481 g/mol. The van der Waals surface area contributed by atoms with E-state index in [1.807, 2.05) is 6.92 Å². The Hall–Kier alpha value is -3.76. The second-order valence-corrected chi connectivity index (χ2v) is 10.3. The van der Waals surface area contributed by atoms with Crippen molar-refractivity contribution in [1.29, 1.82) is 0 Å². The van der Waals surface area contributed by atoms with Crippen molar-refractivity contribution in [3.63, 3.8) is 0 Å². The normalized spacial score (nSPS) is 24.3. The number of nitrogens with zero attached hydrogens (tertiary/aromatic N) is 3. The molecule has 2 aromatic rings. The van der Waals surface area contributed by atoms with Crippen molar-refractivity contribution < 1.29 is 23.9 Å². The van der Waals surface area contributed by atoms with Crippen LogP contribution in [0.5, 0.6) is 5.75 Å². The molecule has 1 saturated heterocycles. The molecule has 4 heterocycles. The molecule has 3 N–H and O–H groups in total. The van der Waals surface area contributed by atoms with Crippen molar-refractivity contribution in [2.24, 2.45) is 5.92 Å². The van der Waals surface area contributed by atoms with E-state index in [0.29, 0.717) is 44.3 Å². The lowest BCUT2D eigenvalue weighted by molar-refractivity contribution is -0.147. The van der Waals surface area contributed by atoms with Gasteiger partial charge in [0.05, 0.1) is 5.54 Å². The first-order chi connectivity index (χ1) is 17.7. The summed E-state index contributed by atoms with van der Waals surface area (Å²) in [5.74, 6) is -3.00. The van der Waals surface area contributed by atoms with Gasteiger partial charge in [-0.1, -0.05) is 12.1 Å². The monoisotopic (exact) mass is 511 g/mol. The Morgan fingerprint density at radius 1 is 1.16 bits per heavy atom. The summed E-state index contributed by atoms with van der Waals surface area (Å²) < 4.78 is 14.5. The van der Waals surface area contributed by atoms with Crippen LogP contribution in [0.15, 0.2) is 29.1 Å². The van der Waals surface area contributed by atoms with Crippen molar-refractivity contribution in [2.45, 2.75) is 70.1 Å². The SMILES string of the molecule is CC1CCCN1C(=O)C(=O)NC12CCC(CC1)Cn1c2nc(C(=O)NCc2ccc(F)cc2)c(O)c1=O. The average Bonchev–Trinajstić information content (AvgIpc) is 3.18. The van der Waals surface area contributed by atoms with Crippen molar-refractivity contribution in [3.05, 3.63) is 57.5 Å². The molecule has 1 aromatic carbocycles. The second kappa shape index (κ2) is 9.60. The van der Waals surface area contributed by atoms with Crippen LogP contribution < -0.4 is 16.2 Å². The van der Waals surface area contributed by atoms with Gasteiger partial charge in [-0.2, -0.15) is 0 Å². The van der Waals surface area contributed by atoms with Crippen molar-refractivity contribution in [3.8, 4) is 5.75 Å². The van der Waals surface area contributed by atoms with Gasteiger partial charge in [-0.3, -0.25) is 23.7 Å². The number of carbonyl (C=O) groups is 3. The van der Waals surface area contributed by atoms with Gasteiger partial charge in [0.1, 0.15) is 11.6 Å². The zero-order valence-electron chi connectivity index (χ0n) is 20.6. The summed E-state index contributed by atoms with van der Waals surface area (Å²) in [6, 6.07) is 5.52. The number of fused-ring (bicyclic) bond motifs is 2. The van der Waals surface area contributed by atoms with Gasteiger partial charge < -0.3 is 20.6 Å². The van der Waals surface area contributed by atoms with E-state index in [1.54, 1.807) is 4.90 Å². The third-order valence-corrected chi connectivity index (χ3v) is 7.92. The van der Waals surface area contributed by atoms with E-state index in [9.17, 15) is 28.7 Å². The molecule has 1 saturated carbocycles. The lowest BCUT2D eigenvalue weighted by Gasteiger charge is -2.37. The molecule has 2 fully saturated rings. The van der Waals surface area contributed by atoms with Gasteiger partial charge in [-0.25, -0.2) is 9.37 Å². The fourth-order valence-electron chi connectivity index (χ4n) is 5.76. The highest BCUT2D eigenvalue weighted by atomic mass is 19.1. The summed E-state index contributed by atoms with van der Waals surface area (Å²) in [7, 11) is 0. The zero-order valence-corrected chi connectivity index (χ0v) is 20.6. The first kappa shape index (κ1) is 24.9. The number of rotatable bonds is 4. The van der Waals surface area contributed by atoms with E-state index in [-0.39, 0.29) is 24.3 Å². The second-order valence-electron chi connectivity index (χ2n) is 10.3. The number of amides is 3. The zero-order chi connectivity index (χ0) is 26.3. The molecule has 1 aliphatic carbocycles. The Kier molecular flexibility index (Phi) is 6.47. The van der Waals surface area contributed by atoms with E-state index >= 15 is 0 Å². The number of hydrogen-bond donors (Lipinski definition) is 3. The molecule has 6 rings (SSSR count). The Bertz CT molecular complexity index is 1300. The third kappa shape index (κ3) is 4.58. The quantitative estimate of drug-likeness (QED) is 0.534. The molecule has 3 aliphatic heterocycles. The number of likely N-dealkylation sites (tertiary alicyclic amines) is 1. The van der Waals surface area contributed by atoms with Crippen LogP contribution in [0.3, 0.4) is 0 Å². The van der Waals surface area contributed by atoms with Gasteiger partial charge >= 0.3 is 11.8 Å². The maximum absolute atomic E-state index is 13.2. The van der Waals surface area contributed by atoms with E-state index in [1.165, 1.54) is 28.8 Å². The third-order valence-electron chi connectivity index (χ3n) is 7.92. The fourth-order valence-corrected chi connectivity index (χ4v) is 5.76. The molecule has 1 atom stereocenters. The summed E-state index contributed by atoms with van der Waals surface area (Å²) in [5, 5.41) is 16.1. The first-order valence-corrected chi connectivity index (χ1v) is 12.7. The predicted octanol–water partition coefficient (Wildman–Crippen LogP) is 1.54. The molecule has 11 heteroatoms. The van der Waals surface area contributed by atoms with Gasteiger partial charge in [0.25, 0.3) is 11.5 Å². The lowest BCUT2D eigenvalue weighted by Crippen LogP contribution is -2.54. The molecule has 196 valence electrons. The summed E-state index contributed by atoms with van der Waals surface area (Å²) in [6.45, 7) is 2.76. The largest absolute Gasteiger partial charge is 0.501 e. The summed E-state index contributed by atoms with van der Waals surface area (Å²) in [6.07, 6.45) is 3.98. The first-order valence-electron chi connectivity index (χ1n) is 12.7. The van der Waals surface area contributed by atoms with Gasteiger partial charge in [-0.05, 0) is 69.1 Å². The molecular formula is C26H30FN5O5. The van der Waals surface area contributed by atoms with Crippen LogP contribution in [0.4, 0.5) is 4.39 Å². The van der Waals surface area contributed by atoms with Gasteiger partial charge in [0.2, 0.25) is 5.75 Å². The number of aromatic nitrogens is 2.